The van der Waals surface area contributed by atoms with Crippen LogP contribution in [0, 0.1) is 22.5 Å². The molecule has 0 spiro atoms. The summed E-state index contributed by atoms with van der Waals surface area (Å²) in [5, 5.41) is 13.5. The monoisotopic (exact) mass is 320 g/mol. The maximum absolute atomic E-state index is 12.1. The summed E-state index contributed by atoms with van der Waals surface area (Å²) in [6, 6.07) is 4.44. The second kappa shape index (κ2) is 7.06. The van der Waals surface area contributed by atoms with Gasteiger partial charge in [0.05, 0.1) is 4.92 Å². The molecule has 0 aliphatic carbocycles. The van der Waals surface area contributed by atoms with Crippen molar-refractivity contribution in [1.29, 1.82) is 0 Å². The molecule has 1 unspecified atom stereocenters. The molecule has 0 saturated carbocycles. The summed E-state index contributed by atoms with van der Waals surface area (Å²) in [7, 11) is 0. The summed E-state index contributed by atoms with van der Waals surface area (Å²) in [4.78, 5) is 24.6. The molecule has 7 nitrogen and oxygen atoms in total. The number of hydrogen-bond donors (Lipinski definition) is 2. The molecule has 1 fully saturated rings. The van der Waals surface area contributed by atoms with Gasteiger partial charge in [0, 0.05) is 37.3 Å². The van der Waals surface area contributed by atoms with Crippen LogP contribution >= 0.6 is 0 Å². The first-order valence-electron chi connectivity index (χ1n) is 7.80. The van der Waals surface area contributed by atoms with Crippen molar-refractivity contribution >= 4 is 17.3 Å². The summed E-state index contributed by atoms with van der Waals surface area (Å²) in [5.41, 5.74) is 7.27. The maximum atomic E-state index is 12.1. The first-order valence-corrected chi connectivity index (χ1v) is 7.80. The Morgan fingerprint density at radius 2 is 2.26 bits per heavy atom. The van der Waals surface area contributed by atoms with Gasteiger partial charge < -0.3 is 16.0 Å². The van der Waals surface area contributed by atoms with Crippen molar-refractivity contribution in [2.75, 3.05) is 31.5 Å². The summed E-state index contributed by atoms with van der Waals surface area (Å²) in [6.45, 7) is 7.18. The van der Waals surface area contributed by atoms with E-state index in [-0.39, 0.29) is 17.0 Å². The van der Waals surface area contributed by atoms with E-state index in [2.05, 4.69) is 17.1 Å². The molecule has 0 aromatic heterocycles. The van der Waals surface area contributed by atoms with Gasteiger partial charge in [-0.25, -0.2) is 0 Å². The Hall–Kier alpha value is -1.99. The number of nitrogens with two attached hydrogens (primary N) is 1. The van der Waals surface area contributed by atoms with Crippen LogP contribution in [-0.2, 0) is 4.79 Å². The van der Waals surface area contributed by atoms with Crippen molar-refractivity contribution < 1.29 is 9.72 Å². The molecule has 1 heterocycles. The van der Waals surface area contributed by atoms with E-state index >= 15 is 0 Å². The fourth-order valence-electron chi connectivity index (χ4n) is 2.86. The molecule has 1 saturated heterocycles. The summed E-state index contributed by atoms with van der Waals surface area (Å²) >= 11 is 0. The zero-order chi connectivity index (χ0) is 17.0. The second-order valence-electron chi connectivity index (χ2n) is 6.60. The Kier molecular flexibility index (Phi) is 5.33. The lowest BCUT2D eigenvalue weighted by Gasteiger charge is -2.22. The molecule has 3 N–H and O–H groups in total. The van der Waals surface area contributed by atoms with E-state index < -0.39 is 4.92 Å². The molecule has 1 aromatic carbocycles. The third-order valence-electron chi connectivity index (χ3n) is 4.48. The predicted molar refractivity (Wildman–Crippen MR) is 89.3 cm³/mol. The molecule has 0 bridgehead atoms. The Morgan fingerprint density at radius 1 is 1.52 bits per heavy atom. The molecule has 1 aromatic rings. The summed E-state index contributed by atoms with van der Waals surface area (Å²) in [5.74, 6) is -0.0803. The van der Waals surface area contributed by atoms with Crippen LogP contribution in [0.15, 0.2) is 18.2 Å². The second-order valence-corrected chi connectivity index (χ2v) is 6.60. The van der Waals surface area contributed by atoms with E-state index in [0.717, 1.165) is 19.5 Å². The Bertz CT molecular complexity index is 605. The van der Waals surface area contributed by atoms with Gasteiger partial charge in [0.15, 0.2) is 0 Å². The van der Waals surface area contributed by atoms with Gasteiger partial charge in [0.25, 0.3) is 5.69 Å². The Labute approximate surface area is 136 Å². The predicted octanol–water partition coefficient (Wildman–Crippen LogP) is 1.90. The number of hydrogen-bond acceptors (Lipinski definition) is 5. The zero-order valence-corrected chi connectivity index (χ0v) is 13.7. The number of carbonyl (C=O) groups is 1. The fraction of sp³-hybridized carbons (Fsp3) is 0.562. The van der Waals surface area contributed by atoms with Crippen LogP contribution in [0.4, 0.5) is 11.4 Å². The van der Waals surface area contributed by atoms with Crippen molar-refractivity contribution in [3.8, 4) is 0 Å². The first kappa shape index (κ1) is 17.4. The molecular weight excluding hydrogens is 296 g/mol. The van der Waals surface area contributed by atoms with Crippen molar-refractivity contribution in [1.82, 2.24) is 4.90 Å². The molecule has 1 aliphatic rings. The highest BCUT2D eigenvalue weighted by Gasteiger charge is 2.32. The summed E-state index contributed by atoms with van der Waals surface area (Å²) < 4.78 is 0. The molecule has 7 heteroatoms. The Balaban J connectivity index is 1.85. The van der Waals surface area contributed by atoms with Gasteiger partial charge in [0.2, 0.25) is 5.91 Å². The number of nitrogens with zero attached hydrogens (tertiary/aromatic N) is 2. The minimum Gasteiger partial charge on any atom is -0.330 e. The van der Waals surface area contributed by atoms with E-state index in [1.807, 2.05) is 0 Å². The van der Waals surface area contributed by atoms with Gasteiger partial charge in [-0.2, -0.15) is 0 Å². The highest BCUT2D eigenvalue weighted by molar-refractivity contribution is 5.91. The third kappa shape index (κ3) is 4.49. The number of amides is 1. The highest BCUT2D eigenvalue weighted by atomic mass is 16.6. The number of benzene rings is 1. The van der Waals surface area contributed by atoms with Crippen LogP contribution in [0.25, 0.3) is 0 Å². The number of nitrogens with one attached hydrogen (secondary N) is 1. The van der Waals surface area contributed by atoms with Gasteiger partial charge >= 0.3 is 0 Å². The molecular formula is C16H24N4O3. The van der Waals surface area contributed by atoms with Gasteiger partial charge in [-0.3, -0.25) is 14.9 Å². The van der Waals surface area contributed by atoms with Crippen molar-refractivity contribution in [3.63, 3.8) is 0 Å². The quantitative estimate of drug-likeness (QED) is 0.616. The number of non-ortho nitro benzene ring substituents is 1. The number of carbonyl (C=O) groups excluding carboxylic acids is 1. The lowest BCUT2D eigenvalue weighted by molar-refractivity contribution is -0.384. The molecule has 1 atom stereocenters. The maximum Gasteiger partial charge on any atom is 0.269 e. The van der Waals surface area contributed by atoms with Crippen LogP contribution in [0.1, 0.15) is 25.3 Å². The van der Waals surface area contributed by atoms with E-state index in [9.17, 15) is 14.9 Å². The van der Waals surface area contributed by atoms with Crippen molar-refractivity contribution in [3.05, 3.63) is 33.9 Å². The number of rotatable bonds is 6. The molecule has 2 rings (SSSR count). The molecule has 0 radical (unpaired) electrons. The van der Waals surface area contributed by atoms with Crippen LogP contribution < -0.4 is 11.1 Å². The topological polar surface area (TPSA) is 102 Å². The highest BCUT2D eigenvalue weighted by Crippen LogP contribution is 2.28. The molecule has 126 valence electrons. The number of nitro groups is 1. The van der Waals surface area contributed by atoms with Gasteiger partial charge in [-0.1, -0.05) is 6.92 Å². The Morgan fingerprint density at radius 3 is 2.83 bits per heavy atom. The number of likely N-dealkylation sites (tertiary alicyclic amines) is 1. The number of nitro benzene ring substituents is 1. The van der Waals surface area contributed by atoms with Crippen molar-refractivity contribution in [2.45, 2.75) is 26.7 Å². The number of anilines is 1. The van der Waals surface area contributed by atoms with E-state index in [4.69, 9.17) is 5.73 Å². The van der Waals surface area contributed by atoms with Crippen LogP contribution in [0.5, 0.6) is 0 Å². The fourth-order valence-corrected chi connectivity index (χ4v) is 2.86. The lowest BCUT2D eigenvalue weighted by Crippen LogP contribution is -2.32. The van der Waals surface area contributed by atoms with E-state index in [1.165, 1.54) is 12.1 Å². The smallest absolute Gasteiger partial charge is 0.269 e. The third-order valence-corrected chi connectivity index (χ3v) is 4.48. The SMILES string of the molecule is Cc1cc([N+](=O)[O-])ccc1NC(=O)CCN1CCC(C)(CN)C1. The van der Waals surface area contributed by atoms with E-state index in [0.29, 0.717) is 30.8 Å². The van der Waals surface area contributed by atoms with Crippen LogP contribution in [0.3, 0.4) is 0 Å². The minimum atomic E-state index is -0.444. The van der Waals surface area contributed by atoms with Crippen molar-refractivity contribution in [2.24, 2.45) is 11.1 Å². The number of aryl methyl sites for hydroxylation is 1. The van der Waals surface area contributed by atoms with Gasteiger partial charge in [-0.15, -0.1) is 0 Å². The van der Waals surface area contributed by atoms with E-state index in [1.54, 1.807) is 13.0 Å². The van der Waals surface area contributed by atoms with Crippen LogP contribution in [0.2, 0.25) is 0 Å². The lowest BCUT2D eigenvalue weighted by atomic mass is 9.90. The first-order chi connectivity index (χ1) is 10.8. The average Bonchev–Trinajstić information content (AvgIpc) is 2.89. The average molecular weight is 320 g/mol. The molecule has 23 heavy (non-hydrogen) atoms. The molecule has 1 amide bonds. The molecule has 1 aliphatic heterocycles. The largest absolute Gasteiger partial charge is 0.330 e. The van der Waals surface area contributed by atoms with Gasteiger partial charge in [0.1, 0.15) is 0 Å². The zero-order valence-electron chi connectivity index (χ0n) is 13.7. The summed E-state index contributed by atoms with van der Waals surface area (Å²) in [6.07, 6.45) is 1.46. The van der Waals surface area contributed by atoms with Crippen LogP contribution in [-0.4, -0.2) is 41.9 Å². The normalized spacial score (nSPS) is 21.3. The van der Waals surface area contributed by atoms with Gasteiger partial charge in [-0.05, 0) is 43.5 Å². The minimum absolute atomic E-state index is 0.0265. The standard InChI is InChI=1S/C16H24N4O3/c1-12-9-13(20(22)23)3-4-14(12)18-15(21)5-7-19-8-6-16(2,10-17)11-19/h3-4,9H,5-8,10-11,17H2,1-2H3,(H,18,21).